The van der Waals surface area contributed by atoms with Crippen molar-refractivity contribution in [2.45, 2.75) is 179 Å². The van der Waals surface area contributed by atoms with Crippen molar-refractivity contribution in [3.8, 4) is 0 Å². The Labute approximate surface area is 304 Å². The molecule has 3 saturated heterocycles. The van der Waals surface area contributed by atoms with Crippen LogP contribution in [0, 0.1) is 17.8 Å². The molecule has 0 aromatic heterocycles. The molecule has 3 aliphatic heterocycles. The van der Waals surface area contributed by atoms with Crippen molar-refractivity contribution in [1.29, 1.82) is 0 Å². The summed E-state index contributed by atoms with van der Waals surface area (Å²) < 4.78 is 37.1. The molecule has 51 heavy (non-hydrogen) atoms. The number of aliphatic hydroxyl groups excluding tert-OH is 2. The second-order valence-corrected chi connectivity index (χ2v) is 16.5. The van der Waals surface area contributed by atoms with Gasteiger partial charge in [0.2, 0.25) is 0 Å². The number of rotatable bonds is 7. The average molecular weight is 733 g/mol. The van der Waals surface area contributed by atoms with Crippen LogP contribution in [0.1, 0.15) is 94.9 Å². The molecule has 17 atom stereocenters. The molecule has 3 rings (SSSR count). The van der Waals surface area contributed by atoms with Crippen molar-refractivity contribution in [1.82, 2.24) is 10.2 Å². The van der Waals surface area contributed by atoms with Crippen molar-refractivity contribution in [3.05, 3.63) is 0 Å². The van der Waals surface area contributed by atoms with E-state index >= 15 is 0 Å². The minimum atomic E-state index is -1.81. The molecule has 0 saturated carbocycles. The summed E-state index contributed by atoms with van der Waals surface area (Å²) in [5.74, 6) is -2.92. The molecule has 0 aromatic carbocycles. The van der Waals surface area contributed by atoms with Gasteiger partial charge in [0, 0.05) is 31.5 Å². The van der Waals surface area contributed by atoms with Crippen LogP contribution in [-0.4, -0.2) is 149 Å². The van der Waals surface area contributed by atoms with Crippen LogP contribution in [0.15, 0.2) is 0 Å². The summed E-state index contributed by atoms with van der Waals surface area (Å²) in [6, 6.07) is -0.873. The number of hydrogen-bond acceptors (Lipinski definition) is 14. The molecule has 0 bridgehead atoms. The van der Waals surface area contributed by atoms with Gasteiger partial charge in [0.25, 0.3) is 0 Å². The Morgan fingerprint density at radius 1 is 0.961 bits per heavy atom. The summed E-state index contributed by atoms with van der Waals surface area (Å²) in [6.45, 7) is 17.5. The minimum absolute atomic E-state index is 0.0329. The fraction of sp³-hybridized carbons (Fsp3) is 0.946. The molecule has 14 nitrogen and oxygen atoms in total. The van der Waals surface area contributed by atoms with E-state index in [1.165, 1.54) is 14.0 Å². The number of methoxy groups -OCH3 is 1. The first-order chi connectivity index (χ1) is 23.5. The smallest absolute Gasteiger partial charge is 0.311 e. The lowest BCUT2D eigenvalue weighted by atomic mass is 9.77. The van der Waals surface area contributed by atoms with E-state index in [-0.39, 0.29) is 43.1 Å². The summed E-state index contributed by atoms with van der Waals surface area (Å²) in [5, 5.41) is 50.0. The number of aliphatic hydroxyl groups is 4. The maximum absolute atomic E-state index is 14.1. The highest BCUT2D eigenvalue weighted by atomic mass is 16.7. The van der Waals surface area contributed by atoms with Crippen molar-refractivity contribution < 1.29 is 58.4 Å². The maximum Gasteiger partial charge on any atom is 0.311 e. The van der Waals surface area contributed by atoms with E-state index in [1.54, 1.807) is 48.5 Å². The highest BCUT2D eigenvalue weighted by Gasteiger charge is 2.52. The molecule has 0 spiro atoms. The number of hydrogen-bond donors (Lipinski definition) is 5. The zero-order valence-electron chi connectivity index (χ0n) is 33.1. The average Bonchev–Trinajstić information content (AvgIpc) is 3.05. The van der Waals surface area contributed by atoms with Crippen LogP contribution in [0.2, 0.25) is 0 Å². The van der Waals surface area contributed by atoms with Gasteiger partial charge in [-0.25, -0.2) is 0 Å². The monoisotopic (exact) mass is 732 g/mol. The van der Waals surface area contributed by atoms with Gasteiger partial charge in [-0.3, -0.25) is 9.59 Å². The number of ketones is 1. The maximum atomic E-state index is 14.1. The van der Waals surface area contributed by atoms with Crippen LogP contribution in [0.25, 0.3) is 0 Å². The number of carbonyl (C=O) groups is 2. The largest absolute Gasteiger partial charge is 0.459 e. The minimum Gasteiger partial charge on any atom is -0.459 e. The first-order valence-corrected chi connectivity index (χ1v) is 18.6. The molecule has 3 heterocycles. The van der Waals surface area contributed by atoms with Gasteiger partial charge >= 0.3 is 5.97 Å². The number of carbonyl (C=O) groups excluding carboxylic acids is 2. The molecule has 5 N–H and O–H groups in total. The Hall–Kier alpha value is -1.30. The highest BCUT2D eigenvalue weighted by Crippen LogP contribution is 2.39. The summed E-state index contributed by atoms with van der Waals surface area (Å²) in [5.41, 5.74) is -4.59. The molecule has 298 valence electrons. The first-order valence-electron chi connectivity index (χ1n) is 18.6. The molecular formula is C37H68N2O12. The standard InChI is InChI=1S/C37H68N2O12/c1-14-26-37(10,45)30(41)23(6)38-18-19(2)16-35(8,44)32(51-34-28(40)25(39(11)12)15-20(3)47-34)21(4)29(22(5)33(43)49-26)50-27-17-36(9,46-13)31(42)24(7)48-27/h19-30,32,34,38,40-41,44-45H,14-18H2,1-13H3/t19-,20-,21+,22-,23-,24+,25+,26-,27+,28-,29+,30-,32-,34+,35-,36-,37-/m1/s1. The van der Waals surface area contributed by atoms with Crippen LogP contribution < -0.4 is 5.32 Å². The molecule has 0 amide bonds. The lowest BCUT2D eigenvalue weighted by molar-refractivity contribution is -0.307. The Kier molecular flexibility index (Phi) is 15.1. The number of esters is 1. The van der Waals surface area contributed by atoms with Crippen molar-refractivity contribution in [3.63, 3.8) is 0 Å². The normalized spacial score (nSPS) is 48.5. The Bertz CT molecular complexity index is 1150. The molecule has 0 aromatic rings. The SMILES string of the molecule is CC[C@H]1OC(=O)[C@H](C)[C@@H](O[C@H]2C[C@@](C)(OC)C(=O)[C@H](C)O2)[C@H](C)[C@@H](O[C@@H]2O[C@H](C)C[C@H](N(C)C)[C@H]2O)[C@](C)(O)C[C@@H](C)CN[C@H](C)[C@@H](O)[C@]1(C)O. The Morgan fingerprint density at radius 2 is 1.59 bits per heavy atom. The van der Waals surface area contributed by atoms with Gasteiger partial charge in [-0.1, -0.05) is 20.8 Å². The zero-order chi connectivity index (χ0) is 38.8. The molecule has 3 aliphatic rings. The highest BCUT2D eigenvalue weighted by molar-refractivity contribution is 5.91. The third-order valence-corrected chi connectivity index (χ3v) is 11.5. The zero-order valence-corrected chi connectivity index (χ0v) is 33.1. The van der Waals surface area contributed by atoms with Gasteiger partial charge in [0.1, 0.15) is 35.6 Å². The number of nitrogens with one attached hydrogen (secondary N) is 1. The van der Waals surface area contributed by atoms with E-state index in [0.29, 0.717) is 13.0 Å². The number of likely N-dealkylation sites (N-methyl/N-ethyl adjacent to an activating group) is 1. The Balaban J connectivity index is 2.15. The third kappa shape index (κ3) is 10.1. The predicted octanol–water partition coefficient (Wildman–Crippen LogP) is 1.77. The van der Waals surface area contributed by atoms with Gasteiger partial charge in [-0.05, 0) is 94.3 Å². The summed E-state index contributed by atoms with van der Waals surface area (Å²) in [4.78, 5) is 29.0. The number of nitrogens with zero attached hydrogens (tertiary/aromatic N) is 1. The lowest BCUT2D eigenvalue weighted by Gasteiger charge is -2.48. The Morgan fingerprint density at radius 3 is 2.16 bits per heavy atom. The van der Waals surface area contributed by atoms with Crippen molar-refractivity contribution in [2.75, 3.05) is 27.7 Å². The van der Waals surface area contributed by atoms with Gasteiger partial charge < -0.3 is 59.1 Å². The quantitative estimate of drug-likeness (QED) is 0.239. The number of cyclic esters (lactones) is 1. The molecule has 0 unspecified atom stereocenters. The first kappa shape index (κ1) is 44.1. The fourth-order valence-electron chi connectivity index (χ4n) is 8.22. The van der Waals surface area contributed by atoms with E-state index < -0.39 is 89.9 Å². The van der Waals surface area contributed by atoms with Gasteiger partial charge in [-0.15, -0.1) is 0 Å². The molecule has 0 radical (unpaired) electrons. The van der Waals surface area contributed by atoms with E-state index in [9.17, 15) is 30.0 Å². The van der Waals surface area contributed by atoms with Crippen molar-refractivity contribution in [2.24, 2.45) is 17.8 Å². The van der Waals surface area contributed by atoms with E-state index in [2.05, 4.69) is 5.32 Å². The molecule has 3 fully saturated rings. The van der Waals surface area contributed by atoms with Crippen LogP contribution in [0.5, 0.6) is 0 Å². The number of ether oxygens (including phenoxy) is 6. The molecular weight excluding hydrogens is 664 g/mol. The second-order valence-electron chi connectivity index (χ2n) is 16.5. The van der Waals surface area contributed by atoms with E-state index in [4.69, 9.17) is 28.4 Å². The lowest BCUT2D eigenvalue weighted by Crippen LogP contribution is -2.60. The van der Waals surface area contributed by atoms with Gasteiger partial charge in [-0.2, -0.15) is 0 Å². The van der Waals surface area contributed by atoms with Crippen LogP contribution in [0.3, 0.4) is 0 Å². The molecule has 0 aliphatic carbocycles. The fourth-order valence-corrected chi connectivity index (χ4v) is 8.22. The van der Waals surface area contributed by atoms with Crippen molar-refractivity contribution >= 4 is 11.8 Å². The van der Waals surface area contributed by atoms with Crippen LogP contribution in [-0.2, 0) is 38.0 Å². The predicted molar refractivity (Wildman–Crippen MR) is 189 cm³/mol. The van der Waals surface area contributed by atoms with E-state index in [0.717, 1.165) is 0 Å². The topological polar surface area (TPSA) is 186 Å². The summed E-state index contributed by atoms with van der Waals surface area (Å²) >= 11 is 0. The van der Waals surface area contributed by atoms with E-state index in [1.807, 2.05) is 32.8 Å². The van der Waals surface area contributed by atoms with Crippen LogP contribution >= 0.6 is 0 Å². The summed E-state index contributed by atoms with van der Waals surface area (Å²) in [6.07, 6.45) is -7.75. The number of Topliss-reactive ketones (excluding diaryl/α,β-unsaturated/α-hetero) is 1. The van der Waals surface area contributed by atoms with Gasteiger partial charge in [0.15, 0.2) is 18.4 Å². The second kappa shape index (κ2) is 17.4. The summed E-state index contributed by atoms with van der Waals surface area (Å²) in [7, 11) is 5.20. The molecule has 14 heteroatoms. The van der Waals surface area contributed by atoms with Gasteiger partial charge in [0.05, 0.1) is 29.8 Å². The van der Waals surface area contributed by atoms with Crippen LogP contribution in [0.4, 0.5) is 0 Å². The third-order valence-electron chi connectivity index (χ3n) is 11.5.